The van der Waals surface area contributed by atoms with Gasteiger partial charge in [0.2, 0.25) is 0 Å². The number of nitrogens with zero attached hydrogens (tertiary/aromatic N) is 3. The van der Waals surface area contributed by atoms with E-state index < -0.39 is 11.6 Å². The summed E-state index contributed by atoms with van der Waals surface area (Å²) in [5.74, 6) is -0.0689. The summed E-state index contributed by atoms with van der Waals surface area (Å²) in [6, 6.07) is 3.25. The van der Waals surface area contributed by atoms with Crippen molar-refractivity contribution in [3.05, 3.63) is 29.7 Å². The fourth-order valence-corrected chi connectivity index (χ4v) is 1.55. The Balaban J connectivity index is 2.62. The molecule has 2 aromatic rings. The van der Waals surface area contributed by atoms with E-state index in [9.17, 15) is 9.90 Å². The molecule has 6 nitrogen and oxygen atoms in total. The van der Waals surface area contributed by atoms with Crippen LogP contribution in [0.15, 0.2) is 18.3 Å². The molecule has 0 saturated heterocycles. The molecule has 0 aromatic carbocycles. The summed E-state index contributed by atoms with van der Waals surface area (Å²) in [6.07, 6.45) is 1.55. The Kier molecular flexibility index (Phi) is 2.59. The van der Waals surface area contributed by atoms with Crippen molar-refractivity contribution in [3.63, 3.8) is 0 Å². The van der Waals surface area contributed by atoms with Gasteiger partial charge in [0, 0.05) is 6.20 Å². The van der Waals surface area contributed by atoms with Crippen molar-refractivity contribution in [3.8, 4) is 0 Å². The van der Waals surface area contributed by atoms with Crippen molar-refractivity contribution < 1.29 is 14.6 Å². The summed E-state index contributed by atoms with van der Waals surface area (Å²) >= 11 is 0. The van der Waals surface area contributed by atoms with Gasteiger partial charge in [0.25, 0.3) is 0 Å². The summed E-state index contributed by atoms with van der Waals surface area (Å²) in [4.78, 5) is 11.4. The zero-order valence-corrected chi connectivity index (χ0v) is 9.84. The van der Waals surface area contributed by atoms with Crippen LogP contribution in [0.1, 0.15) is 30.0 Å². The average Bonchev–Trinajstić information content (AvgIpc) is 2.70. The molecule has 0 bridgehead atoms. The monoisotopic (exact) mass is 235 g/mol. The zero-order chi connectivity index (χ0) is 12.6. The third kappa shape index (κ3) is 1.99. The van der Waals surface area contributed by atoms with Crippen molar-refractivity contribution >= 4 is 11.6 Å². The fraction of sp³-hybridized carbons (Fsp3) is 0.364. The summed E-state index contributed by atoms with van der Waals surface area (Å²) < 4.78 is 6.21. The van der Waals surface area contributed by atoms with Gasteiger partial charge < -0.3 is 9.84 Å². The standard InChI is InChI=1S/C11H13N3O3/c1-11(2,16)10-13-12-8-5-4-7(6-14(8)10)9(15)17-3/h4-6,16H,1-3H3. The normalized spacial score (nSPS) is 11.8. The van der Waals surface area contributed by atoms with Crippen LogP contribution in [0.25, 0.3) is 5.65 Å². The number of aromatic nitrogens is 3. The number of pyridine rings is 1. The predicted octanol–water partition coefficient (Wildman–Crippen LogP) is 0.743. The first kappa shape index (κ1) is 11.5. The van der Waals surface area contributed by atoms with Gasteiger partial charge in [0.1, 0.15) is 5.60 Å². The van der Waals surface area contributed by atoms with Crippen molar-refractivity contribution in [1.29, 1.82) is 0 Å². The highest BCUT2D eigenvalue weighted by molar-refractivity contribution is 5.89. The van der Waals surface area contributed by atoms with Gasteiger partial charge in [-0.1, -0.05) is 0 Å². The van der Waals surface area contributed by atoms with Crippen LogP contribution in [0.4, 0.5) is 0 Å². The summed E-state index contributed by atoms with van der Waals surface area (Å²) in [5.41, 5.74) is -0.186. The van der Waals surface area contributed by atoms with Crippen LogP contribution in [0.2, 0.25) is 0 Å². The minimum atomic E-state index is -1.13. The Hall–Kier alpha value is -1.95. The minimum absolute atomic E-state index is 0.373. The Labute approximate surface area is 97.9 Å². The molecule has 0 amide bonds. The van der Waals surface area contributed by atoms with Crippen LogP contribution < -0.4 is 0 Å². The van der Waals surface area contributed by atoms with E-state index in [1.165, 1.54) is 7.11 Å². The van der Waals surface area contributed by atoms with Gasteiger partial charge in [0.15, 0.2) is 11.5 Å². The topological polar surface area (TPSA) is 76.7 Å². The highest BCUT2D eigenvalue weighted by atomic mass is 16.5. The molecule has 2 rings (SSSR count). The third-order valence-corrected chi connectivity index (χ3v) is 2.37. The molecule has 0 saturated carbocycles. The Bertz CT molecular complexity index is 569. The Morgan fingerprint density at radius 3 is 2.71 bits per heavy atom. The van der Waals surface area contributed by atoms with Crippen LogP contribution >= 0.6 is 0 Å². The molecule has 0 aliphatic carbocycles. The maximum atomic E-state index is 11.4. The van der Waals surface area contributed by atoms with E-state index in [1.807, 2.05) is 0 Å². The molecule has 2 heterocycles. The van der Waals surface area contributed by atoms with Crippen molar-refractivity contribution in [2.45, 2.75) is 19.4 Å². The van der Waals surface area contributed by atoms with Crippen molar-refractivity contribution in [2.75, 3.05) is 7.11 Å². The third-order valence-electron chi connectivity index (χ3n) is 2.37. The Morgan fingerprint density at radius 2 is 2.12 bits per heavy atom. The lowest BCUT2D eigenvalue weighted by Gasteiger charge is -2.14. The quantitative estimate of drug-likeness (QED) is 0.777. The van der Waals surface area contributed by atoms with Crippen molar-refractivity contribution in [2.24, 2.45) is 0 Å². The molecule has 0 spiro atoms. The number of hydrogen-bond donors (Lipinski definition) is 1. The zero-order valence-electron chi connectivity index (χ0n) is 9.84. The number of methoxy groups -OCH3 is 1. The second-order valence-corrected chi connectivity index (χ2v) is 4.22. The summed E-state index contributed by atoms with van der Waals surface area (Å²) in [7, 11) is 1.32. The largest absolute Gasteiger partial charge is 0.465 e. The number of rotatable bonds is 2. The van der Waals surface area contributed by atoms with Crippen LogP contribution in [0.3, 0.4) is 0 Å². The number of hydrogen-bond acceptors (Lipinski definition) is 5. The second-order valence-electron chi connectivity index (χ2n) is 4.22. The van der Waals surface area contributed by atoms with Gasteiger partial charge in [-0.05, 0) is 26.0 Å². The van der Waals surface area contributed by atoms with E-state index in [-0.39, 0.29) is 0 Å². The van der Waals surface area contributed by atoms with Crippen molar-refractivity contribution in [1.82, 2.24) is 14.6 Å². The number of ether oxygens (including phenoxy) is 1. The van der Waals surface area contributed by atoms with E-state index in [2.05, 4.69) is 14.9 Å². The van der Waals surface area contributed by atoms with Gasteiger partial charge in [-0.3, -0.25) is 4.40 Å². The number of carbonyl (C=O) groups is 1. The lowest BCUT2D eigenvalue weighted by atomic mass is 10.1. The molecule has 6 heteroatoms. The van der Waals surface area contributed by atoms with Crippen LogP contribution in [-0.2, 0) is 10.3 Å². The molecule has 2 aromatic heterocycles. The number of carbonyl (C=O) groups excluding carboxylic acids is 1. The molecular formula is C11H13N3O3. The van der Waals surface area contributed by atoms with Gasteiger partial charge >= 0.3 is 5.97 Å². The van der Waals surface area contributed by atoms with E-state index in [1.54, 1.807) is 36.6 Å². The minimum Gasteiger partial charge on any atom is -0.465 e. The first-order chi connectivity index (χ1) is 7.93. The molecule has 0 aliphatic heterocycles. The molecule has 0 aliphatic rings. The molecular weight excluding hydrogens is 222 g/mol. The second kappa shape index (κ2) is 3.81. The van der Waals surface area contributed by atoms with E-state index in [0.717, 1.165) is 0 Å². The molecule has 0 unspecified atom stereocenters. The number of esters is 1. The van der Waals surface area contributed by atoms with Crippen LogP contribution in [0.5, 0.6) is 0 Å². The van der Waals surface area contributed by atoms with Gasteiger partial charge in [-0.25, -0.2) is 4.79 Å². The smallest absolute Gasteiger partial charge is 0.339 e. The molecule has 17 heavy (non-hydrogen) atoms. The maximum Gasteiger partial charge on any atom is 0.339 e. The molecule has 0 atom stereocenters. The summed E-state index contributed by atoms with van der Waals surface area (Å²) in [5, 5.41) is 17.7. The van der Waals surface area contributed by atoms with E-state index in [0.29, 0.717) is 17.0 Å². The SMILES string of the molecule is COC(=O)c1ccc2nnc(C(C)(C)O)n2c1. The van der Waals surface area contributed by atoms with Gasteiger partial charge in [0.05, 0.1) is 12.7 Å². The first-order valence-electron chi connectivity index (χ1n) is 5.09. The van der Waals surface area contributed by atoms with Gasteiger partial charge in [-0.2, -0.15) is 0 Å². The number of fused-ring (bicyclic) bond motifs is 1. The van der Waals surface area contributed by atoms with Gasteiger partial charge in [-0.15, -0.1) is 10.2 Å². The molecule has 0 fully saturated rings. The first-order valence-corrected chi connectivity index (χ1v) is 5.09. The fourth-order valence-electron chi connectivity index (χ4n) is 1.55. The predicted molar refractivity (Wildman–Crippen MR) is 59.6 cm³/mol. The summed E-state index contributed by atoms with van der Waals surface area (Å²) in [6.45, 7) is 3.21. The number of aliphatic hydroxyl groups is 1. The highest BCUT2D eigenvalue weighted by Crippen LogP contribution is 2.19. The molecule has 0 radical (unpaired) electrons. The average molecular weight is 235 g/mol. The van der Waals surface area contributed by atoms with Crippen LogP contribution in [-0.4, -0.2) is 32.8 Å². The maximum absolute atomic E-state index is 11.4. The van der Waals surface area contributed by atoms with Crippen LogP contribution in [0, 0.1) is 0 Å². The van der Waals surface area contributed by atoms with E-state index >= 15 is 0 Å². The lowest BCUT2D eigenvalue weighted by molar-refractivity contribution is 0.0595. The molecule has 1 N–H and O–H groups in total. The lowest BCUT2D eigenvalue weighted by Crippen LogP contribution is -2.20. The molecule has 90 valence electrons. The van der Waals surface area contributed by atoms with E-state index in [4.69, 9.17) is 0 Å². The Morgan fingerprint density at radius 1 is 1.41 bits per heavy atom. The highest BCUT2D eigenvalue weighted by Gasteiger charge is 2.23.